The molecule has 1 aliphatic heterocycles. The Hall–Kier alpha value is -2.31. The minimum absolute atomic E-state index is 0.182. The number of piperazine rings is 1. The summed E-state index contributed by atoms with van der Waals surface area (Å²) in [4.78, 5) is 17.2. The zero-order valence-electron chi connectivity index (χ0n) is 17.7. The first kappa shape index (κ1) is 21.4. The maximum atomic E-state index is 12.6. The molecule has 0 radical (unpaired) electrons. The normalized spacial score (nSPS) is 15.4. The molecule has 7 heteroatoms. The van der Waals surface area contributed by atoms with E-state index in [0.29, 0.717) is 11.1 Å². The van der Waals surface area contributed by atoms with Crippen molar-refractivity contribution in [2.24, 2.45) is 5.92 Å². The van der Waals surface area contributed by atoms with Crippen molar-refractivity contribution in [1.29, 1.82) is 0 Å². The van der Waals surface area contributed by atoms with Gasteiger partial charge in [-0.1, -0.05) is 37.6 Å². The number of nitrogens with one attached hydrogen (secondary N) is 1. The van der Waals surface area contributed by atoms with Crippen LogP contribution in [0.3, 0.4) is 0 Å². The number of nitrogens with zero attached hydrogens (tertiary/aromatic N) is 4. The number of carbonyl (C=O) groups excluding carboxylic acids is 1. The largest absolute Gasteiger partial charge is 0.367 e. The van der Waals surface area contributed by atoms with Crippen LogP contribution in [-0.4, -0.2) is 53.8 Å². The first-order chi connectivity index (χ1) is 13.8. The molecule has 2 heterocycles. The molecule has 2 aromatic rings. The molecule has 1 fully saturated rings. The molecule has 3 rings (SSSR count). The van der Waals surface area contributed by atoms with Crippen molar-refractivity contribution < 1.29 is 4.79 Å². The van der Waals surface area contributed by atoms with Crippen molar-refractivity contribution in [3.05, 3.63) is 46.8 Å². The molecule has 1 saturated heterocycles. The summed E-state index contributed by atoms with van der Waals surface area (Å²) in [5, 5.41) is 8.07. The molecule has 6 nitrogen and oxygen atoms in total. The van der Waals surface area contributed by atoms with E-state index in [9.17, 15) is 4.79 Å². The van der Waals surface area contributed by atoms with Gasteiger partial charge >= 0.3 is 0 Å². The van der Waals surface area contributed by atoms with Crippen molar-refractivity contribution in [2.45, 2.75) is 27.3 Å². The lowest BCUT2D eigenvalue weighted by Crippen LogP contribution is -2.44. The molecule has 0 saturated carbocycles. The number of anilines is 2. The molecular formula is C22H30ClN5O. The molecule has 29 heavy (non-hydrogen) atoms. The average molecular weight is 416 g/mol. The van der Waals surface area contributed by atoms with Gasteiger partial charge in [-0.25, -0.2) is 0 Å². The predicted molar refractivity (Wildman–Crippen MR) is 121 cm³/mol. The van der Waals surface area contributed by atoms with E-state index in [-0.39, 0.29) is 5.91 Å². The minimum atomic E-state index is -0.182. The third-order valence-electron chi connectivity index (χ3n) is 5.05. The Balaban J connectivity index is 1.71. The minimum Gasteiger partial charge on any atom is -0.367 e. The summed E-state index contributed by atoms with van der Waals surface area (Å²) >= 11 is 6.46. The number of likely N-dealkylation sites (N-methyl/N-ethyl adjacent to an activating group) is 1. The van der Waals surface area contributed by atoms with Gasteiger partial charge in [-0.05, 0) is 38.1 Å². The standard InChI is InChI=1S/C22H30ClN5O/c1-16(2)15-28-22(23)18(17(3)25-28)9-10-21(29)24-19-7-5-6-8-20(19)27-13-11-26(4)12-14-27/h5-10,16H,11-15H2,1-4H3,(H,24,29)/b10-9+. The van der Waals surface area contributed by atoms with Gasteiger partial charge in [0.1, 0.15) is 5.15 Å². The second-order valence-corrected chi connectivity index (χ2v) is 8.35. The monoisotopic (exact) mass is 415 g/mol. The van der Waals surface area contributed by atoms with Gasteiger partial charge in [-0.2, -0.15) is 5.10 Å². The van der Waals surface area contributed by atoms with Gasteiger partial charge in [-0.15, -0.1) is 0 Å². The molecule has 1 amide bonds. The highest BCUT2D eigenvalue weighted by molar-refractivity contribution is 6.31. The quantitative estimate of drug-likeness (QED) is 0.727. The van der Waals surface area contributed by atoms with E-state index >= 15 is 0 Å². The van der Waals surface area contributed by atoms with E-state index in [1.54, 1.807) is 10.8 Å². The molecule has 1 aromatic heterocycles. The second kappa shape index (κ2) is 9.46. The van der Waals surface area contributed by atoms with Crippen LogP contribution in [0.2, 0.25) is 5.15 Å². The van der Waals surface area contributed by atoms with Crippen LogP contribution < -0.4 is 10.2 Å². The third-order valence-corrected chi connectivity index (χ3v) is 5.45. The Morgan fingerprint density at radius 2 is 1.93 bits per heavy atom. The highest BCUT2D eigenvalue weighted by atomic mass is 35.5. The topological polar surface area (TPSA) is 53.4 Å². The molecule has 0 aliphatic carbocycles. The van der Waals surface area contributed by atoms with E-state index in [2.05, 4.69) is 47.2 Å². The fraction of sp³-hybridized carbons (Fsp3) is 0.455. The number of para-hydroxylation sites is 2. The Kier molecular flexibility index (Phi) is 6.98. The number of aromatic nitrogens is 2. The lowest BCUT2D eigenvalue weighted by Gasteiger charge is -2.35. The first-order valence-corrected chi connectivity index (χ1v) is 10.5. The van der Waals surface area contributed by atoms with Gasteiger partial charge in [0.05, 0.1) is 17.1 Å². The number of amides is 1. The molecule has 1 aromatic carbocycles. The molecule has 0 bridgehead atoms. The van der Waals surface area contributed by atoms with Crippen LogP contribution in [-0.2, 0) is 11.3 Å². The van der Waals surface area contributed by atoms with Crippen LogP contribution in [0.25, 0.3) is 6.08 Å². The van der Waals surface area contributed by atoms with E-state index in [4.69, 9.17) is 11.6 Å². The van der Waals surface area contributed by atoms with Crippen LogP contribution in [0.4, 0.5) is 11.4 Å². The van der Waals surface area contributed by atoms with Gasteiger partial charge in [0.15, 0.2) is 0 Å². The van der Waals surface area contributed by atoms with E-state index < -0.39 is 0 Å². The summed E-state index contributed by atoms with van der Waals surface area (Å²) in [5.74, 6) is 0.261. The molecule has 1 aliphatic rings. The Labute approximate surface area is 178 Å². The number of aryl methyl sites for hydroxylation is 1. The summed E-state index contributed by atoms with van der Waals surface area (Å²) in [7, 11) is 2.13. The summed E-state index contributed by atoms with van der Waals surface area (Å²) < 4.78 is 1.79. The van der Waals surface area contributed by atoms with Gasteiger partial charge in [0.25, 0.3) is 0 Å². The van der Waals surface area contributed by atoms with Gasteiger partial charge in [-0.3, -0.25) is 9.48 Å². The van der Waals surface area contributed by atoms with Crippen molar-refractivity contribution in [2.75, 3.05) is 43.4 Å². The zero-order chi connectivity index (χ0) is 21.0. The van der Waals surface area contributed by atoms with E-state index in [1.807, 2.05) is 25.1 Å². The van der Waals surface area contributed by atoms with Gasteiger partial charge in [0, 0.05) is 44.4 Å². The molecule has 0 spiro atoms. The molecular weight excluding hydrogens is 386 g/mol. The Bertz CT molecular complexity index is 881. The molecule has 156 valence electrons. The van der Waals surface area contributed by atoms with Crippen molar-refractivity contribution >= 4 is 35.0 Å². The summed E-state index contributed by atoms with van der Waals surface area (Å²) in [6.45, 7) is 10.8. The van der Waals surface area contributed by atoms with Crippen LogP contribution in [0.15, 0.2) is 30.3 Å². The SMILES string of the molecule is Cc1nn(CC(C)C)c(Cl)c1/C=C/C(=O)Nc1ccccc1N1CCN(C)CC1. The van der Waals surface area contributed by atoms with Crippen molar-refractivity contribution in [3.63, 3.8) is 0 Å². The number of halogens is 1. The van der Waals surface area contributed by atoms with Crippen LogP contribution >= 0.6 is 11.6 Å². The van der Waals surface area contributed by atoms with E-state index in [1.165, 1.54) is 6.08 Å². The maximum Gasteiger partial charge on any atom is 0.248 e. The third kappa shape index (κ3) is 5.40. The van der Waals surface area contributed by atoms with Gasteiger partial charge in [0.2, 0.25) is 5.91 Å². The number of benzene rings is 1. The Morgan fingerprint density at radius 3 is 2.62 bits per heavy atom. The molecule has 0 atom stereocenters. The fourth-order valence-corrected chi connectivity index (χ4v) is 3.77. The summed E-state index contributed by atoms with van der Waals surface area (Å²) in [6.07, 6.45) is 3.27. The highest BCUT2D eigenvalue weighted by Gasteiger charge is 2.17. The lowest BCUT2D eigenvalue weighted by molar-refractivity contribution is -0.111. The molecule has 0 unspecified atom stereocenters. The average Bonchev–Trinajstić information content (AvgIpc) is 2.93. The van der Waals surface area contributed by atoms with Crippen molar-refractivity contribution in [1.82, 2.24) is 14.7 Å². The van der Waals surface area contributed by atoms with E-state index in [0.717, 1.165) is 55.4 Å². The lowest BCUT2D eigenvalue weighted by atomic mass is 10.2. The maximum absolute atomic E-state index is 12.6. The summed E-state index contributed by atoms with van der Waals surface area (Å²) in [5.41, 5.74) is 3.48. The fourth-order valence-electron chi connectivity index (χ4n) is 3.46. The number of carbonyl (C=O) groups is 1. The molecule has 1 N–H and O–H groups in total. The number of rotatable bonds is 6. The zero-order valence-corrected chi connectivity index (χ0v) is 18.4. The Morgan fingerprint density at radius 1 is 1.24 bits per heavy atom. The summed E-state index contributed by atoms with van der Waals surface area (Å²) in [6, 6.07) is 7.95. The van der Waals surface area contributed by atoms with Crippen LogP contribution in [0.1, 0.15) is 25.1 Å². The van der Waals surface area contributed by atoms with Crippen LogP contribution in [0, 0.1) is 12.8 Å². The number of hydrogen-bond acceptors (Lipinski definition) is 4. The highest BCUT2D eigenvalue weighted by Crippen LogP contribution is 2.27. The smallest absolute Gasteiger partial charge is 0.248 e. The van der Waals surface area contributed by atoms with Gasteiger partial charge < -0.3 is 15.1 Å². The first-order valence-electron chi connectivity index (χ1n) is 10.1. The second-order valence-electron chi connectivity index (χ2n) is 8.00. The predicted octanol–water partition coefficient (Wildman–Crippen LogP) is 3.90. The van der Waals surface area contributed by atoms with Crippen molar-refractivity contribution in [3.8, 4) is 0 Å². The number of hydrogen-bond donors (Lipinski definition) is 1. The van der Waals surface area contributed by atoms with Crippen LogP contribution in [0.5, 0.6) is 0 Å².